The minimum absolute atomic E-state index is 0.696. The molecule has 4 heteroatoms. The molecule has 0 radical (unpaired) electrons. The minimum Gasteiger partial charge on any atom is -0.381 e. The second-order valence-corrected chi connectivity index (χ2v) is 5.54. The Morgan fingerprint density at radius 1 is 1.32 bits per heavy atom. The lowest BCUT2D eigenvalue weighted by Crippen LogP contribution is -2.02. The fourth-order valence-corrected chi connectivity index (χ4v) is 2.54. The summed E-state index contributed by atoms with van der Waals surface area (Å²) < 4.78 is 3.00. The summed E-state index contributed by atoms with van der Waals surface area (Å²) in [4.78, 5) is 0. The number of aromatic nitrogens is 1. The van der Waals surface area contributed by atoms with Gasteiger partial charge in [-0.25, -0.2) is 0 Å². The maximum Gasteiger partial charge on any atom is 0.120 e. The fraction of sp³-hybridized carbons (Fsp3) is 0.267. The van der Waals surface area contributed by atoms with Crippen LogP contribution in [0.4, 0.5) is 5.69 Å². The molecule has 3 nitrogen and oxygen atoms in total. The number of benzene rings is 1. The van der Waals surface area contributed by atoms with E-state index in [0.29, 0.717) is 5.69 Å². The average molecular weight is 318 g/mol. The van der Waals surface area contributed by atoms with Gasteiger partial charge in [-0.05, 0) is 49.2 Å². The second-order valence-electron chi connectivity index (χ2n) is 4.62. The zero-order chi connectivity index (χ0) is 14.0. The summed E-state index contributed by atoms with van der Waals surface area (Å²) in [5.74, 6) is 0. The van der Waals surface area contributed by atoms with Gasteiger partial charge in [-0.2, -0.15) is 5.26 Å². The van der Waals surface area contributed by atoms with Gasteiger partial charge in [0.2, 0.25) is 0 Å². The lowest BCUT2D eigenvalue weighted by atomic mass is 10.2. The molecule has 2 rings (SSSR count). The third-order valence-corrected chi connectivity index (χ3v) is 3.91. The van der Waals surface area contributed by atoms with Gasteiger partial charge >= 0.3 is 0 Å². The summed E-state index contributed by atoms with van der Waals surface area (Å²) in [6.07, 6.45) is 0. The number of nitrogens with one attached hydrogen (secondary N) is 1. The van der Waals surface area contributed by atoms with Crippen molar-refractivity contribution in [3.8, 4) is 6.07 Å². The second kappa shape index (κ2) is 5.50. The lowest BCUT2D eigenvalue weighted by molar-refractivity contribution is 0.856. The highest BCUT2D eigenvalue weighted by Gasteiger charge is 2.08. The first-order chi connectivity index (χ1) is 9.02. The van der Waals surface area contributed by atoms with Crippen LogP contribution < -0.4 is 5.32 Å². The molecule has 0 fully saturated rings. The van der Waals surface area contributed by atoms with Crippen LogP contribution in [0, 0.1) is 25.2 Å². The van der Waals surface area contributed by atoms with Crippen molar-refractivity contribution in [1.29, 1.82) is 5.26 Å². The monoisotopic (exact) mass is 317 g/mol. The van der Waals surface area contributed by atoms with Gasteiger partial charge in [0.25, 0.3) is 0 Å². The summed E-state index contributed by atoms with van der Waals surface area (Å²) in [7, 11) is 1.92. The quantitative estimate of drug-likeness (QED) is 0.933. The predicted molar refractivity (Wildman–Crippen MR) is 81.1 cm³/mol. The van der Waals surface area contributed by atoms with E-state index >= 15 is 0 Å². The first-order valence-electron chi connectivity index (χ1n) is 6.08. The van der Waals surface area contributed by atoms with Crippen molar-refractivity contribution in [1.82, 2.24) is 4.57 Å². The summed E-state index contributed by atoms with van der Waals surface area (Å²) in [6, 6.07) is 10.3. The minimum atomic E-state index is 0.696. The van der Waals surface area contributed by atoms with Gasteiger partial charge in [0.15, 0.2) is 0 Å². The predicted octanol–water partition coefficient (Wildman–Crippen LogP) is 3.89. The van der Waals surface area contributed by atoms with Crippen molar-refractivity contribution < 1.29 is 0 Å². The van der Waals surface area contributed by atoms with Crippen molar-refractivity contribution in [2.45, 2.75) is 20.4 Å². The SMILES string of the molecule is Cc1cc(Br)ccc1NCc1cc(C#N)n(C)c1C. The van der Waals surface area contributed by atoms with Crippen molar-refractivity contribution in [2.24, 2.45) is 7.05 Å². The van der Waals surface area contributed by atoms with Crippen LogP contribution in [0.2, 0.25) is 0 Å². The van der Waals surface area contributed by atoms with E-state index in [1.807, 2.05) is 30.7 Å². The summed E-state index contributed by atoms with van der Waals surface area (Å²) in [5, 5.41) is 12.4. The Hall–Kier alpha value is -1.73. The fourth-order valence-electron chi connectivity index (χ4n) is 2.06. The number of rotatable bonds is 3. The Labute approximate surface area is 122 Å². The molecule has 0 amide bonds. The molecule has 0 aliphatic rings. The molecule has 1 N–H and O–H groups in total. The molecule has 0 aliphatic carbocycles. The van der Waals surface area contributed by atoms with Gasteiger partial charge in [-0.15, -0.1) is 0 Å². The number of aryl methyl sites for hydroxylation is 1. The number of halogens is 1. The van der Waals surface area contributed by atoms with E-state index in [9.17, 15) is 0 Å². The third-order valence-electron chi connectivity index (χ3n) is 3.41. The van der Waals surface area contributed by atoms with Crippen LogP contribution in [-0.4, -0.2) is 4.57 Å². The molecule has 0 spiro atoms. The summed E-state index contributed by atoms with van der Waals surface area (Å²) in [5.41, 5.74) is 5.29. The first-order valence-corrected chi connectivity index (χ1v) is 6.87. The first kappa shape index (κ1) is 13.7. The molecule has 1 heterocycles. The molecule has 98 valence electrons. The highest BCUT2D eigenvalue weighted by atomic mass is 79.9. The van der Waals surface area contributed by atoms with E-state index in [-0.39, 0.29) is 0 Å². The van der Waals surface area contributed by atoms with Crippen LogP contribution in [-0.2, 0) is 13.6 Å². The van der Waals surface area contributed by atoms with Crippen molar-refractivity contribution in [3.63, 3.8) is 0 Å². The van der Waals surface area contributed by atoms with Crippen LogP contribution in [0.3, 0.4) is 0 Å². The molecule has 0 unspecified atom stereocenters. The average Bonchev–Trinajstić information content (AvgIpc) is 2.65. The Morgan fingerprint density at radius 2 is 2.05 bits per heavy atom. The molecule has 2 aromatic rings. The zero-order valence-corrected chi connectivity index (χ0v) is 12.9. The Balaban J connectivity index is 2.17. The van der Waals surface area contributed by atoms with Crippen molar-refractivity contribution in [2.75, 3.05) is 5.32 Å². The molecular formula is C15H16BrN3. The van der Waals surface area contributed by atoms with Gasteiger partial charge in [-0.1, -0.05) is 15.9 Å². The molecule has 19 heavy (non-hydrogen) atoms. The molecule has 1 aromatic heterocycles. The molecule has 0 aliphatic heterocycles. The Morgan fingerprint density at radius 3 is 2.63 bits per heavy atom. The molecule has 0 saturated carbocycles. The van der Waals surface area contributed by atoms with Crippen LogP contribution in [0.15, 0.2) is 28.7 Å². The standard InChI is InChI=1S/C15H16BrN3/c1-10-6-13(16)4-5-15(10)18-9-12-7-14(8-17)19(3)11(12)2/h4-7,18H,9H2,1-3H3. The molecule has 0 bridgehead atoms. The van der Waals surface area contributed by atoms with Crippen LogP contribution in [0.5, 0.6) is 0 Å². The third kappa shape index (κ3) is 2.82. The number of anilines is 1. The normalized spacial score (nSPS) is 10.3. The maximum absolute atomic E-state index is 9.02. The van der Waals surface area contributed by atoms with E-state index in [2.05, 4.69) is 46.4 Å². The molecule has 0 saturated heterocycles. The lowest BCUT2D eigenvalue weighted by Gasteiger charge is -2.10. The smallest absolute Gasteiger partial charge is 0.120 e. The Kier molecular flexibility index (Phi) is 3.96. The number of nitrogens with zero attached hydrogens (tertiary/aromatic N) is 2. The highest BCUT2D eigenvalue weighted by Crippen LogP contribution is 2.21. The number of hydrogen-bond donors (Lipinski definition) is 1. The number of nitriles is 1. The van der Waals surface area contributed by atoms with Gasteiger partial charge in [0.1, 0.15) is 11.8 Å². The van der Waals surface area contributed by atoms with E-state index in [0.717, 1.165) is 28.0 Å². The molecule has 0 atom stereocenters. The van der Waals surface area contributed by atoms with E-state index in [1.165, 1.54) is 5.56 Å². The largest absolute Gasteiger partial charge is 0.381 e. The Bertz CT molecular complexity index is 650. The van der Waals surface area contributed by atoms with E-state index < -0.39 is 0 Å². The van der Waals surface area contributed by atoms with Crippen LogP contribution >= 0.6 is 15.9 Å². The topological polar surface area (TPSA) is 40.8 Å². The summed E-state index contributed by atoms with van der Waals surface area (Å²) >= 11 is 3.46. The van der Waals surface area contributed by atoms with Gasteiger partial charge in [-0.3, -0.25) is 0 Å². The van der Waals surface area contributed by atoms with E-state index in [1.54, 1.807) is 0 Å². The highest BCUT2D eigenvalue weighted by molar-refractivity contribution is 9.10. The summed E-state index contributed by atoms with van der Waals surface area (Å²) in [6.45, 7) is 4.84. The van der Waals surface area contributed by atoms with Crippen LogP contribution in [0.25, 0.3) is 0 Å². The van der Waals surface area contributed by atoms with Crippen molar-refractivity contribution in [3.05, 3.63) is 51.3 Å². The molecular weight excluding hydrogens is 302 g/mol. The van der Waals surface area contributed by atoms with Gasteiger partial charge < -0.3 is 9.88 Å². The van der Waals surface area contributed by atoms with E-state index in [4.69, 9.17) is 5.26 Å². The van der Waals surface area contributed by atoms with Gasteiger partial charge in [0, 0.05) is 29.4 Å². The van der Waals surface area contributed by atoms with Crippen molar-refractivity contribution >= 4 is 21.6 Å². The van der Waals surface area contributed by atoms with Gasteiger partial charge in [0.05, 0.1) is 0 Å². The maximum atomic E-state index is 9.02. The van der Waals surface area contributed by atoms with Crippen LogP contribution in [0.1, 0.15) is 22.5 Å². The zero-order valence-electron chi connectivity index (χ0n) is 11.3. The number of hydrogen-bond acceptors (Lipinski definition) is 2. The molecule has 1 aromatic carbocycles.